The molecular weight excluding hydrogens is 231 g/mol. The molecule has 1 heterocycles. The summed E-state index contributed by atoms with van der Waals surface area (Å²) < 4.78 is 2.10. The van der Waals surface area contributed by atoms with Gasteiger partial charge >= 0.3 is 0 Å². The van der Waals surface area contributed by atoms with E-state index in [9.17, 15) is 0 Å². The van der Waals surface area contributed by atoms with Gasteiger partial charge in [0.1, 0.15) is 5.82 Å². The molecule has 1 aromatic carbocycles. The van der Waals surface area contributed by atoms with Crippen LogP contribution in [-0.2, 0) is 6.54 Å². The lowest BCUT2D eigenvalue weighted by Crippen LogP contribution is -2.01. The van der Waals surface area contributed by atoms with E-state index in [-0.39, 0.29) is 5.38 Å². The molecule has 1 aromatic heterocycles. The molecule has 0 aliphatic heterocycles. The van der Waals surface area contributed by atoms with Crippen molar-refractivity contribution in [2.75, 3.05) is 0 Å². The lowest BCUT2D eigenvalue weighted by Gasteiger charge is -2.06. The fourth-order valence-electron chi connectivity index (χ4n) is 1.75. The molecule has 0 saturated heterocycles. The van der Waals surface area contributed by atoms with E-state index in [0.717, 1.165) is 28.4 Å². The van der Waals surface area contributed by atoms with Gasteiger partial charge in [0.15, 0.2) is 0 Å². The van der Waals surface area contributed by atoms with E-state index >= 15 is 0 Å². The van der Waals surface area contributed by atoms with Crippen LogP contribution >= 0.6 is 23.2 Å². The van der Waals surface area contributed by atoms with Gasteiger partial charge < -0.3 is 4.57 Å². The van der Waals surface area contributed by atoms with Crippen LogP contribution < -0.4 is 0 Å². The molecule has 80 valence electrons. The fraction of sp³-hybridized carbons (Fsp3) is 0.364. The largest absolute Gasteiger partial charge is 0.327 e. The van der Waals surface area contributed by atoms with Crippen LogP contribution in [0.2, 0.25) is 5.02 Å². The number of aryl methyl sites for hydroxylation is 1. The van der Waals surface area contributed by atoms with Crippen molar-refractivity contribution in [3.05, 3.63) is 29.0 Å². The van der Waals surface area contributed by atoms with Crippen LogP contribution in [0.1, 0.15) is 25.0 Å². The van der Waals surface area contributed by atoms with Crippen LogP contribution in [0, 0.1) is 0 Å². The maximum atomic E-state index is 6.08. The van der Waals surface area contributed by atoms with Gasteiger partial charge in [0.2, 0.25) is 0 Å². The highest BCUT2D eigenvalue weighted by atomic mass is 35.5. The minimum absolute atomic E-state index is 0.0869. The van der Waals surface area contributed by atoms with Crippen LogP contribution in [0.25, 0.3) is 11.0 Å². The summed E-state index contributed by atoms with van der Waals surface area (Å²) in [6, 6.07) is 5.70. The van der Waals surface area contributed by atoms with E-state index in [4.69, 9.17) is 23.2 Å². The van der Waals surface area contributed by atoms with E-state index in [2.05, 4.69) is 16.5 Å². The van der Waals surface area contributed by atoms with Gasteiger partial charge in [0.25, 0.3) is 0 Å². The van der Waals surface area contributed by atoms with Crippen molar-refractivity contribution < 1.29 is 0 Å². The van der Waals surface area contributed by atoms with Gasteiger partial charge in [-0.25, -0.2) is 4.98 Å². The second-order valence-electron chi connectivity index (χ2n) is 3.46. The zero-order valence-corrected chi connectivity index (χ0v) is 10.2. The Balaban J connectivity index is 2.74. The van der Waals surface area contributed by atoms with Crippen molar-refractivity contribution >= 4 is 34.2 Å². The number of imidazole rings is 1. The molecule has 0 radical (unpaired) electrons. The number of rotatable bonds is 2. The van der Waals surface area contributed by atoms with Crippen molar-refractivity contribution in [2.45, 2.75) is 25.8 Å². The van der Waals surface area contributed by atoms with Crippen molar-refractivity contribution in [3.8, 4) is 0 Å². The molecule has 1 unspecified atom stereocenters. The van der Waals surface area contributed by atoms with Gasteiger partial charge in [0, 0.05) is 11.6 Å². The zero-order valence-electron chi connectivity index (χ0n) is 8.67. The predicted molar refractivity (Wildman–Crippen MR) is 64.7 cm³/mol. The predicted octanol–water partition coefficient (Wildman–Crippen LogP) is 4.01. The monoisotopic (exact) mass is 242 g/mol. The number of fused-ring (bicyclic) bond motifs is 1. The van der Waals surface area contributed by atoms with Gasteiger partial charge in [-0.2, -0.15) is 0 Å². The molecule has 1 atom stereocenters. The number of aromatic nitrogens is 2. The van der Waals surface area contributed by atoms with Crippen LogP contribution in [0.4, 0.5) is 0 Å². The number of hydrogen-bond acceptors (Lipinski definition) is 1. The molecule has 2 aromatic rings. The molecule has 0 bridgehead atoms. The Bertz CT molecular complexity index is 489. The molecule has 0 N–H and O–H groups in total. The summed E-state index contributed by atoms with van der Waals surface area (Å²) in [6.07, 6.45) is 0. The van der Waals surface area contributed by atoms with Crippen LogP contribution in [0.5, 0.6) is 0 Å². The Morgan fingerprint density at radius 1 is 1.47 bits per heavy atom. The van der Waals surface area contributed by atoms with Gasteiger partial charge in [-0.15, -0.1) is 11.6 Å². The Morgan fingerprint density at radius 3 is 2.80 bits per heavy atom. The number of benzene rings is 1. The van der Waals surface area contributed by atoms with E-state index in [1.165, 1.54) is 0 Å². The van der Waals surface area contributed by atoms with Gasteiger partial charge in [-0.3, -0.25) is 0 Å². The van der Waals surface area contributed by atoms with Gasteiger partial charge in [-0.1, -0.05) is 11.6 Å². The van der Waals surface area contributed by atoms with Crippen molar-refractivity contribution in [2.24, 2.45) is 0 Å². The molecule has 0 aliphatic carbocycles. The Kier molecular flexibility index (Phi) is 2.89. The Hall–Kier alpha value is -0.730. The molecule has 15 heavy (non-hydrogen) atoms. The topological polar surface area (TPSA) is 17.8 Å². The average Bonchev–Trinajstić information content (AvgIpc) is 2.55. The van der Waals surface area contributed by atoms with Crippen LogP contribution in [0.15, 0.2) is 18.2 Å². The SMILES string of the molecule is CCn1c(C(C)Cl)nc2ccc(Cl)cc21. The fourth-order valence-corrected chi connectivity index (χ4v) is 2.08. The van der Waals surface area contributed by atoms with Crippen LogP contribution in [-0.4, -0.2) is 9.55 Å². The third-order valence-corrected chi connectivity index (χ3v) is 2.84. The van der Waals surface area contributed by atoms with E-state index in [1.807, 2.05) is 25.1 Å². The van der Waals surface area contributed by atoms with Gasteiger partial charge in [0.05, 0.1) is 16.4 Å². The molecule has 2 nitrogen and oxygen atoms in total. The second-order valence-corrected chi connectivity index (χ2v) is 4.55. The highest BCUT2D eigenvalue weighted by molar-refractivity contribution is 6.31. The highest BCUT2D eigenvalue weighted by Gasteiger charge is 2.13. The molecular formula is C11H12Cl2N2. The lowest BCUT2D eigenvalue weighted by atomic mass is 10.3. The summed E-state index contributed by atoms with van der Waals surface area (Å²) in [5.41, 5.74) is 2.00. The summed E-state index contributed by atoms with van der Waals surface area (Å²) in [6.45, 7) is 4.85. The molecule has 0 fully saturated rings. The summed E-state index contributed by atoms with van der Waals surface area (Å²) in [7, 11) is 0. The first-order valence-electron chi connectivity index (χ1n) is 4.93. The third kappa shape index (κ3) is 1.84. The summed E-state index contributed by atoms with van der Waals surface area (Å²) in [5.74, 6) is 0.899. The average molecular weight is 243 g/mol. The van der Waals surface area contributed by atoms with Crippen molar-refractivity contribution in [3.63, 3.8) is 0 Å². The van der Waals surface area contributed by atoms with Gasteiger partial charge in [-0.05, 0) is 32.0 Å². The first-order chi connectivity index (χ1) is 7.13. The Labute approximate surface area is 98.8 Å². The third-order valence-electron chi connectivity index (χ3n) is 2.41. The lowest BCUT2D eigenvalue weighted by molar-refractivity contribution is 0.717. The molecule has 0 aliphatic rings. The minimum Gasteiger partial charge on any atom is -0.327 e. The molecule has 0 amide bonds. The molecule has 4 heteroatoms. The van der Waals surface area contributed by atoms with E-state index < -0.39 is 0 Å². The molecule has 0 spiro atoms. The maximum Gasteiger partial charge on any atom is 0.127 e. The number of alkyl halides is 1. The first kappa shape index (κ1) is 10.8. The minimum atomic E-state index is -0.0869. The first-order valence-corrected chi connectivity index (χ1v) is 5.74. The number of halogens is 2. The zero-order chi connectivity index (χ0) is 11.0. The van der Waals surface area contributed by atoms with Crippen molar-refractivity contribution in [1.82, 2.24) is 9.55 Å². The quantitative estimate of drug-likeness (QED) is 0.728. The standard InChI is InChI=1S/C11H12Cl2N2/c1-3-15-10-6-8(13)4-5-9(10)14-11(15)7(2)12/h4-7H,3H2,1-2H3. The van der Waals surface area contributed by atoms with E-state index in [0.29, 0.717) is 0 Å². The summed E-state index contributed by atoms with van der Waals surface area (Å²) >= 11 is 12.0. The number of nitrogens with zero attached hydrogens (tertiary/aromatic N) is 2. The van der Waals surface area contributed by atoms with Crippen LogP contribution in [0.3, 0.4) is 0 Å². The second kappa shape index (κ2) is 4.03. The van der Waals surface area contributed by atoms with Crippen molar-refractivity contribution in [1.29, 1.82) is 0 Å². The smallest absolute Gasteiger partial charge is 0.127 e. The summed E-state index contributed by atoms with van der Waals surface area (Å²) in [4.78, 5) is 4.50. The maximum absolute atomic E-state index is 6.08. The molecule has 0 saturated carbocycles. The summed E-state index contributed by atoms with van der Waals surface area (Å²) in [5, 5.41) is 0.641. The Morgan fingerprint density at radius 2 is 2.20 bits per heavy atom. The normalized spacial score (nSPS) is 13.3. The molecule has 2 rings (SSSR count). The van der Waals surface area contributed by atoms with E-state index in [1.54, 1.807) is 0 Å². The number of hydrogen-bond donors (Lipinski definition) is 0. The highest BCUT2D eigenvalue weighted by Crippen LogP contribution is 2.26.